The molecule has 0 unspecified atom stereocenters. The number of nitrogens with zero attached hydrogens (tertiary/aromatic N) is 3. The second-order valence-corrected chi connectivity index (χ2v) is 7.90. The fraction of sp³-hybridized carbons (Fsp3) is 0.318. The van der Waals surface area contributed by atoms with E-state index in [0.717, 1.165) is 29.3 Å². The highest BCUT2D eigenvalue weighted by molar-refractivity contribution is 6.40. The number of methoxy groups -OCH3 is 1. The van der Waals surface area contributed by atoms with Gasteiger partial charge >= 0.3 is 11.8 Å². The topological polar surface area (TPSA) is 143 Å². The third-order valence-corrected chi connectivity index (χ3v) is 5.75. The van der Waals surface area contributed by atoms with Gasteiger partial charge in [-0.1, -0.05) is 19.1 Å². The van der Waals surface area contributed by atoms with E-state index in [0.29, 0.717) is 6.54 Å². The number of carbonyl (C=O) groups is 3. The predicted molar refractivity (Wildman–Crippen MR) is 117 cm³/mol. The van der Waals surface area contributed by atoms with Crippen LogP contribution >= 0.6 is 0 Å². The van der Waals surface area contributed by atoms with E-state index in [4.69, 9.17) is 10.5 Å². The van der Waals surface area contributed by atoms with Crippen molar-refractivity contribution in [3.05, 3.63) is 47.8 Å². The molecule has 3 aromatic rings. The zero-order valence-electron chi connectivity index (χ0n) is 17.8. The number of benzene rings is 1. The van der Waals surface area contributed by atoms with E-state index in [1.165, 1.54) is 19.4 Å². The van der Waals surface area contributed by atoms with Gasteiger partial charge in [-0.05, 0) is 36.5 Å². The Labute approximate surface area is 184 Å². The van der Waals surface area contributed by atoms with Crippen LogP contribution in [0.4, 0.5) is 5.69 Å². The van der Waals surface area contributed by atoms with Gasteiger partial charge in [0.15, 0.2) is 0 Å². The fourth-order valence-electron chi connectivity index (χ4n) is 4.23. The first-order valence-corrected chi connectivity index (χ1v) is 10.3. The van der Waals surface area contributed by atoms with E-state index in [1.807, 2.05) is 25.1 Å². The number of anilines is 1. The van der Waals surface area contributed by atoms with Gasteiger partial charge < -0.3 is 20.7 Å². The molecule has 0 radical (unpaired) electrons. The van der Waals surface area contributed by atoms with E-state index in [2.05, 4.69) is 20.5 Å². The molecule has 0 spiro atoms. The lowest BCUT2D eigenvalue weighted by Crippen LogP contribution is -2.46. The first-order valence-electron chi connectivity index (χ1n) is 10.3. The maximum absolute atomic E-state index is 13.3. The van der Waals surface area contributed by atoms with Gasteiger partial charge in [-0.2, -0.15) is 5.10 Å². The highest BCUT2D eigenvalue weighted by atomic mass is 16.5. The van der Waals surface area contributed by atoms with E-state index >= 15 is 0 Å². The molecule has 10 heteroatoms. The van der Waals surface area contributed by atoms with Crippen LogP contribution in [0.2, 0.25) is 0 Å². The fourth-order valence-corrected chi connectivity index (χ4v) is 4.23. The second kappa shape index (κ2) is 8.66. The van der Waals surface area contributed by atoms with E-state index < -0.39 is 17.7 Å². The van der Waals surface area contributed by atoms with Crippen molar-refractivity contribution in [2.45, 2.75) is 25.8 Å². The van der Waals surface area contributed by atoms with Crippen molar-refractivity contribution < 1.29 is 19.1 Å². The van der Waals surface area contributed by atoms with Gasteiger partial charge in [-0.3, -0.25) is 19.5 Å². The van der Waals surface area contributed by atoms with Crippen LogP contribution in [0.5, 0.6) is 5.88 Å². The summed E-state index contributed by atoms with van der Waals surface area (Å²) in [7, 11) is 1.34. The Bertz CT molecular complexity index is 1190. The molecule has 4 N–H and O–H groups in total. The standard InChI is InChI=1S/C22H24N6O4/c1-12-6-7-17(13-4-3-5-15-14(13)10-25-27-15)28(11-12)22(31)20(30)26-16-8-9-24-21(32-2)18(16)19(23)29/h3-5,8-10,12,17H,6-7,11H2,1-2H3,(H2,23,29)(H,25,27)(H,24,26,30)/t12-,17+/m1/s1. The number of rotatable bonds is 4. The van der Waals surface area contributed by atoms with Crippen molar-refractivity contribution in [1.82, 2.24) is 20.1 Å². The summed E-state index contributed by atoms with van der Waals surface area (Å²) >= 11 is 0. The summed E-state index contributed by atoms with van der Waals surface area (Å²) in [5, 5.41) is 10.5. The number of pyridine rings is 1. The summed E-state index contributed by atoms with van der Waals surface area (Å²) in [6.07, 6.45) is 4.74. The molecule has 1 aromatic carbocycles. The number of hydrogen-bond donors (Lipinski definition) is 3. The number of H-pyrrole nitrogens is 1. The van der Waals surface area contributed by atoms with Crippen molar-refractivity contribution >= 4 is 34.3 Å². The largest absolute Gasteiger partial charge is 0.480 e. The molecule has 0 bridgehead atoms. The molecule has 0 aliphatic carbocycles. The maximum atomic E-state index is 13.3. The SMILES string of the molecule is COc1nccc(NC(=O)C(=O)N2C[C@H](C)CC[C@H]2c2cccc3[nH]ncc23)c1C(N)=O. The van der Waals surface area contributed by atoms with Gasteiger partial charge in [-0.15, -0.1) is 0 Å². The molecule has 2 atom stereocenters. The average molecular weight is 436 g/mol. The highest BCUT2D eigenvalue weighted by Crippen LogP contribution is 2.36. The summed E-state index contributed by atoms with van der Waals surface area (Å²) in [4.78, 5) is 43.6. The van der Waals surface area contributed by atoms with Crippen molar-refractivity contribution in [3.63, 3.8) is 0 Å². The molecule has 1 aliphatic rings. The second-order valence-electron chi connectivity index (χ2n) is 7.90. The van der Waals surface area contributed by atoms with Crippen LogP contribution in [0.1, 0.15) is 41.7 Å². The molecule has 3 heterocycles. The number of likely N-dealkylation sites (tertiary alicyclic amines) is 1. The Kier molecular flexibility index (Phi) is 5.76. The number of fused-ring (bicyclic) bond motifs is 1. The van der Waals surface area contributed by atoms with Gasteiger partial charge in [0.05, 0.1) is 30.6 Å². The lowest BCUT2D eigenvalue weighted by Gasteiger charge is -2.38. The number of aromatic nitrogens is 3. The summed E-state index contributed by atoms with van der Waals surface area (Å²) < 4.78 is 5.06. The van der Waals surface area contributed by atoms with E-state index in [-0.39, 0.29) is 29.1 Å². The molecule has 1 fully saturated rings. The lowest BCUT2D eigenvalue weighted by molar-refractivity contribution is -0.146. The summed E-state index contributed by atoms with van der Waals surface area (Å²) in [6.45, 7) is 2.49. The maximum Gasteiger partial charge on any atom is 0.313 e. The molecule has 4 rings (SSSR count). The van der Waals surface area contributed by atoms with Crippen LogP contribution in [0.15, 0.2) is 36.7 Å². The van der Waals surface area contributed by atoms with Crippen LogP contribution < -0.4 is 15.8 Å². The number of carbonyl (C=O) groups excluding carboxylic acids is 3. The first-order chi connectivity index (χ1) is 15.4. The number of primary amides is 1. The number of aromatic amines is 1. The molecule has 0 saturated carbocycles. The molecule has 166 valence electrons. The lowest BCUT2D eigenvalue weighted by atomic mass is 9.88. The molecule has 32 heavy (non-hydrogen) atoms. The van der Waals surface area contributed by atoms with Crippen LogP contribution in [-0.4, -0.2) is 51.5 Å². The normalized spacial score (nSPS) is 18.4. The first kappa shape index (κ1) is 21.3. The van der Waals surface area contributed by atoms with Gasteiger partial charge in [0.25, 0.3) is 5.91 Å². The summed E-state index contributed by atoms with van der Waals surface area (Å²) in [5.41, 5.74) is 7.21. The Balaban J connectivity index is 1.64. The monoisotopic (exact) mass is 436 g/mol. The minimum Gasteiger partial charge on any atom is -0.480 e. The van der Waals surface area contributed by atoms with Crippen molar-refractivity contribution in [3.8, 4) is 5.88 Å². The quantitative estimate of drug-likeness (QED) is 0.534. The van der Waals surface area contributed by atoms with Crippen molar-refractivity contribution in [2.75, 3.05) is 19.0 Å². The number of nitrogens with two attached hydrogens (primary N) is 1. The van der Waals surface area contributed by atoms with Crippen LogP contribution in [0.25, 0.3) is 10.9 Å². The Morgan fingerprint density at radius 1 is 1.25 bits per heavy atom. The van der Waals surface area contributed by atoms with Crippen LogP contribution in [0, 0.1) is 5.92 Å². The Hall–Kier alpha value is -3.95. The van der Waals surface area contributed by atoms with Gasteiger partial charge in [0.1, 0.15) is 5.56 Å². The van der Waals surface area contributed by atoms with Crippen molar-refractivity contribution in [1.29, 1.82) is 0 Å². The zero-order chi connectivity index (χ0) is 22.8. The molecular formula is C22H24N6O4. The number of piperidine rings is 1. The number of ether oxygens (including phenoxy) is 1. The molecule has 1 saturated heterocycles. The third-order valence-electron chi connectivity index (χ3n) is 5.75. The van der Waals surface area contributed by atoms with Crippen LogP contribution in [-0.2, 0) is 9.59 Å². The number of amides is 3. The van der Waals surface area contributed by atoms with E-state index in [1.54, 1.807) is 11.1 Å². The smallest absolute Gasteiger partial charge is 0.313 e. The highest BCUT2D eigenvalue weighted by Gasteiger charge is 2.35. The summed E-state index contributed by atoms with van der Waals surface area (Å²) in [6, 6.07) is 6.90. The van der Waals surface area contributed by atoms with E-state index in [9.17, 15) is 14.4 Å². The average Bonchev–Trinajstić information content (AvgIpc) is 3.27. The Morgan fingerprint density at radius 2 is 2.06 bits per heavy atom. The molecule has 3 amide bonds. The van der Waals surface area contributed by atoms with Gasteiger partial charge in [0.2, 0.25) is 5.88 Å². The third kappa shape index (κ3) is 3.86. The minimum absolute atomic E-state index is 0.0288. The number of nitrogens with one attached hydrogen (secondary N) is 2. The number of hydrogen-bond acceptors (Lipinski definition) is 6. The van der Waals surface area contributed by atoms with Gasteiger partial charge in [-0.25, -0.2) is 4.98 Å². The van der Waals surface area contributed by atoms with Gasteiger partial charge in [0, 0.05) is 18.1 Å². The minimum atomic E-state index is -0.862. The van der Waals surface area contributed by atoms with Crippen LogP contribution in [0.3, 0.4) is 0 Å². The predicted octanol–water partition coefficient (Wildman–Crippen LogP) is 2.00. The molecular weight excluding hydrogens is 412 g/mol. The Morgan fingerprint density at radius 3 is 2.81 bits per heavy atom. The summed E-state index contributed by atoms with van der Waals surface area (Å²) in [5.74, 6) is -2.16. The molecule has 10 nitrogen and oxygen atoms in total. The molecule has 2 aromatic heterocycles. The zero-order valence-corrected chi connectivity index (χ0v) is 17.8. The van der Waals surface area contributed by atoms with Crippen molar-refractivity contribution in [2.24, 2.45) is 11.7 Å². The molecule has 1 aliphatic heterocycles.